The minimum Gasteiger partial charge on any atom is -0.478 e. The van der Waals surface area contributed by atoms with Gasteiger partial charge in [-0.3, -0.25) is 0 Å². The highest BCUT2D eigenvalue weighted by atomic mass is 19.1. The molecule has 16 heavy (non-hydrogen) atoms. The van der Waals surface area contributed by atoms with Crippen molar-refractivity contribution in [1.29, 1.82) is 0 Å². The van der Waals surface area contributed by atoms with Crippen molar-refractivity contribution in [2.45, 2.75) is 0 Å². The van der Waals surface area contributed by atoms with Crippen molar-refractivity contribution >= 4 is 17.3 Å². The van der Waals surface area contributed by atoms with Gasteiger partial charge in [0, 0.05) is 13.7 Å². The smallest absolute Gasteiger partial charge is 0.340 e. The van der Waals surface area contributed by atoms with E-state index in [1.807, 2.05) is 0 Å². The topological polar surface area (TPSA) is 84.6 Å². The maximum atomic E-state index is 13.1. The molecule has 0 fully saturated rings. The summed E-state index contributed by atoms with van der Waals surface area (Å²) < 4.78 is 17.9. The Hall–Kier alpha value is -1.82. The summed E-state index contributed by atoms with van der Waals surface area (Å²) in [5, 5.41) is 11.7. The summed E-state index contributed by atoms with van der Waals surface area (Å²) in [5.74, 6) is -2.01. The van der Waals surface area contributed by atoms with E-state index < -0.39 is 11.8 Å². The predicted octanol–water partition coefficient (Wildman–Crippen LogP) is 1.16. The first kappa shape index (κ1) is 12.3. The highest BCUT2D eigenvalue weighted by molar-refractivity contribution is 6.00. The van der Waals surface area contributed by atoms with Crippen molar-refractivity contribution < 1.29 is 19.0 Å². The summed E-state index contributed by atoms with van der Waals surface area (Å²) >= 11 is 0. The number of benzene rings is 1. The van der Waals surface area contributed by atoms with Crippen LogP contribution < -0.4 is 11.1 Å². The minimum atomic E-state index is -1.27. The number of methoxy groups -OCH3 is 1. The van der Waals surface area contributed by atoms with E-state index in [4.69, 9.17) is 15.6 Å². The quantitative estimate of drug-likeness (QED) is 0.520. The van der Waals surface area contributed by atoms with Crippen LogP contribution in [0.25, 0.3) is 0 Å². The molecular weight excluding hydrogens is 215 g/mol. The summed E-state index contributed by atoms with van der Waals surface area (Å²) in [6.45, 7) is 0.832. The highest BCUT2D eigenvalue weighted by Gasteiger charge is 2.16. The number of rotatable bonds is 5. The zero-order chi connectivity index (χ0) is 12.1. The number of ether oxygens (including phenoxy) is 1. The standard InChI is InChI=1S/C10H13FN2O3/c1-16-5-4-13-7-3-2-6(11)9(12)8(7)10(14)15/h2-3,13H,4-5,12H2,1H3,(H,14,15). The molecule has 0 saturated carbocycles. The van der Waals surface area contributed by atoms with E-state index in [9.17, 15) is 9.18 Å². The minimum absolute atomic E-state index is 0.254. The Morgan fingerprint density at radius 3 is 2.88 bits per heavy atom. The molecule has 6 heteroatoms. The van der Waals surface area contributed by atoms with Crippen molar-refractivity contribution in [2.75, 3.05) is 31.3 Å². The van der Waals surface area contributed by atoms with Crippen LogP contribution in [0.15, 0.2) is 12.1 Å². The first-order chi connectivity index (χ1) is 7.57. The van der Waals surface area contributed by atoms with E-state index >= 15 is 0 Å². The van der Waals surface area contributed by atoms with Crippen molar-refractivity contribution in [1.82, 2.24) is 0 Å². The number of hydrogen-bond acceptors (Lipinski definition) is 4. The van der Waals surface area contributed by atoms with E-state index in [2.05, 4.69) is 5.32 Å². The van der Waals surface area contributed by atoms with E-state index in [-0.39, 0.29) is 16.9 Å². The van der Waals surface area contributed by atoms with Crippen LogP contribution in [-0.2, 0) is 4.74 Å². The summed E-state index contributed by atoms with van der Waals surface area (Å²) in [5.41, 5.74) is 5.02. The van der Waals surface area contributed by atoms with Gasteiger partial charge >= 0.3 is 5.97 Å². The molecule has 0 aliphatic carbocycles. The molecule has 0 aliphatic rings. The molecule has 88 valence electrons. The van der Waals surface area contributed by atoms with Crippen LogP contribution in [0.5, 0.6) is 0 Å². The monoisotopic (exact) mass is 228 g/mol. The average Bonchev–Trinajstić information content (AvgIpc) is 2.23. The molecule has 0 radical (unpaired) electrons. The Labute approximate surface area is 92.0 Å². The lowest BCUT2D eigenvalue weighted by atomic mass is 10.1. The molecule has 0 amide bonds. The third-order valence-electron chi connectivity index (χ3n) is 2.03. The van der Waals surface area contributed by atoms with E-state index in [0.29, 0.717) is 13.2 Å². The predicted molar refractivity (Wildman–Crippen MR) is 58.1 cm³/mol. The number of carbonyl (C=O) groups is 1. The van der Waals surface area contributed by atoms with Gasteiger partial charge in [-0.05, 0) is 12.1 Å². The Morgan fingerprint density at radius 2 is 2.31 bits per heavy atom. The van der Waals surface area contributed by atoms with Gasteiger partial charge in [0.15, 0.2) is 0 Å². The van der Waals surface area contributed by atoms with Gasteiger partial charge in [-0.25, -0.2) is 9.18 Å². The molecule has 0 bridgehead atoms. The van der Waals surface area contributed by atoms with Gasteiger partial charge in [0.1, 0.15) is 11.4 Å². The van der Waals surface area contributed by atoms with Gasteiger partial charge in [0.2, 0.25) is 0 Å². The molecule has 0 spiro atoms. The van der Waals surface area contributed by atoms with Crippen LogP contribution in [0.2, 0.25) is 0 Å². The van der Waals surface area contributed by atoms with Crippen molar-refractivity contribution in [3.8, 4) is 0 Å². The maximum absolute atomic E-state index is 13.1. The average molecular weight is 228 g/mol. The number of nitrogens with one attached hydrogen (secondary N) is 1. The SMILES string of the molecule is COCCNc1ccc(F)c(N)c1C(=O)O. The van der Waals surface area contributed by atoms with Gasteiger partial charge in [-0.1, -0.05) is 0 Å². The van der Waals surface area contributed by atoms with Gasteiger partial charge in [-0.2, -0.15) is 0 Å². The van der Waals surface area contributed by atoms with Crippen molar-refractivity contribution in [3.05, 3.63) is 23.5 Å². The van der Waals surface area contributed by atoms with E-state index in [1.165, 1.54) is 13.2 Å². The number of carboxylic acid groups (broad SMARTS) is 1. The Bertz CT molecular complexity index is 396. The van der Waals surface area contributed by atoms with Crippen LogP contribution in [0, 0.1) is 5.82 Å². The van der Waals surface area contributed by atoms with E-state index in [0.717, 1.165) is 6.07 Å². The maximum Gasteiger partial charge on any atom is 0.340 e. The third-order valence-corrected chi connectivity index (χ3v) is 2.03. The third kappa shape index (κ3) is 2.60. The first-order valence-corrected chi connectivity index (χ1v) is 4.62. The number of halogens is 1. The Balaban J connectivity index is 2.99. The van der Waals surface area contributed by atoms with Gasteiger partial charge in [0.05, 0.1) is 18.0 Å². The van der Waals surface area contributed by atoms with Gasteiger partial charge in [0.25, 0.3) is 0 Å². The van der Waals surface area contributed by atoms with Crippen LogP contribution in [0.1, 0.15) is 10.4 Å². The fourth-order valence-corrected chi connectivity index (χ4v) is 1.26. The van der Waals surface area contributed by atoms with Crippen molar-refractivity contribution in [3.63, 3.8) is 0 Å². The molecule has 4 N–H and O–H groups in total. The van der Waals surface area contributed by atoms with Gasteiger partial charge in [-0.15, -0.1) is 0 Å². The molecule has 0 unspecified atom stereocenters. The largest absolute Gasteiger partial charge is 0.478 e. The van der Waals surface area contributed by atoms with Crippen LogP contribution in [0.3, 0.4) is 0 Å². The lowest BCUT2D eigenvalue weighted by molar-refractivity contribution is 0.0698. The van der Waals surface area contributed by atoms with Crippen molar-refractivity contribution in [2.24, 2.45) is 0 Å². The molecule has 1 aromatic rings. The second-order valence-electron chi connectivity index (χ2n) is 3.11. The summed E-state index contributed by atoms with van der Waals surface area (Å²) in [7, 11) is 1.53. The number of carboxylic acids is 1. The fourth-order valence-electron chi connectivity index (χ4n) is 1.26. The Morgan fingerprint density at radius 1 is 1.62 bits per heavy atom. The number of nitrogens with two attached hydrogens (primary N) is 1. The molecule has 5 nitrogen and oxygen atoms in total. The first-order valence-electron chi connectivity index (χ1n) is 4.62. The zero-order valence-corrected chi connectivity index (χ0v) is 8.79. The molecule has 0 atom stereocenters. The van der Waals surface area contributed by atoms with Crippen LogP contribution in [0.4, 0.5) is 15.8 Å². The Kier molecular flexibility index (Phi) is 4.07. The zero-order valence-electron chi connectivity index (χ0n) is 8.79. The number of anilines is 2. The summed E-state index contributed by atoms with van der Waals surface area (Å²) in [6, 6.07) is 2.46. The van der Waals surface area contributed by atoms with Crippen LogP contribution >= 0.6 is 0 Å². The van der Waals surface area contributed by atoms with E-state index in [1.54, 1.807) is 0 Å². The normalized spacial score (nSPS) is 10.1. The van der Waals surface area contributed by atoms with Crippen LogP contribution in [-0.4, -0.2) is 31.3 Å². The number of hydrogen-bond donors (Lipinski definition) is 3. The lowest BCUT2D eigenvalue weighted by Gasteiger charge is -2.11. The number of aromatic carboxylic acids is 1. The van der Waals surface area contributed by atoms with Gasteiger partial charge < -0.3 is 20.9 Å². The second kappa shape index (κ2) is 5.32. The molecule has 0 aliphatic heterocycles. The molecule has 0 aromatic heterocycles. The number of nitrogen functional groups attached to an aromatic ring is 1. The summed E-state index contributed by atoms with van der Waals surface area (Å²) in [4.78, 5) is 10.9. The molecule has 0 saturated heterocycles. The molecule has 1 aromatic carbocycles. The lowest BCUT2D eigenvalue weighted by Crippen LogP contribution is -2.13. The summed E-state index contributed by atoms with van der Waals surface area (Å²) in [6.07, 6.45) is 0. The fraction of sp³-hybridized carbons (Fsp3) is 0.300. The highest BCUT2D eigenvalue weighted by Crippen LogP contribution is 2.24. The molecule has 1 rings (SSSR count). The molecule has 0 heterocycles. The second-order valence-corrected chi connectivity index (χ2v) is 3.11. The molecular formula is C10H13FN2O3.